The number of benzene rings is 1. The van der Waals surface area contributed by atoms with Gasteiger partial charge in [0, 0.05) is 46.3 Å². The first-order valence-corrected chi connectivity index (χ1v) is 18.6. The highest BCUT2D eigenvalue weighted by molar-refractivity contribution is 6.76. The van der Waals surface area contributed by atoms with Crippen molar-refractivity contribution >= 4 is 19.1 Å². The molecule has 0 amide bonds. The second kappa shape index (κ2) is 12.0. The van der Waals surface area contributed by atoms with Crippen LogP contribution in [0.2, 0.25) is 25.7 Å². The first-order valence-electron chi connectivity index (χ1n) is 14.9. The Labute approximate surface area is 268 Å². The molecule has 0 aliphatic heterocycles. The van der Waals surface area contributed by atoms with Gasteiger partial charge in [-0.15, -0.1) is 0 Å². The van der Waals surface area contributed by atoms with Crippen LogP contribution in [0.15, 0.2) is 43.0 Å². The van der Waals surface area contributed by atoms with Crippen LogP contribution >= 0.6 is 0 Å². The molecular weight excluding hydrogens is 639 g/mol. The van der Waals surface area contributed by atoms with Crippen molar-refractivity contribution in [3.05, 3.63) is 65.6 Å². The van der Waals surface area contributed by atoms with E-state index >= 15 is 0 Å². The van der Waals surface area contributed by atoms with E-state index in [0.29, 0.717) is 35.3 Å². The molecule has 0 spiro atoms. The summed E-state index contributed by atoms with van der Waals surface area (Å²) in [5.41, 5.74) is 2.31. The summed E-state index contributed by atoms with van der Waals surface area (Å²) in [5, 5.41) is 4.69. The Bertz CT molecular complexity index is 1920. The van der Waals surface area contributed by atoms with Gasteiger partial charge in [0.15, 0.2) is 11.5 Å². The lowest BCUT2D eigenvalue weighted by Gasteiger charge is -2.16. The first kappa shape index (κ1) is 32.6. The minimum atomic E-state index is -4.55. The van der Waals surface area contributed by atoms with Gasteiger partial charge in [-0.3, -0.25) is 0 Å². The summed E-state index contributed by atoms with van der Waals surface area (Å²) in [6, 6.07) is 7.98. The molecule has 1 aliphatic rings. The number of halogens is 5. The Kier molecular flexibility index (Phi) is 8.36. The number of hydrogen-bond donors (Lipinski definition) is 0. The van der Waals surface area contributed by atoms with Crippen molar-refractivity contribution in [3.63, 3.8) is 0 Å². The Morgan fingerprint density at radius 1 is 1.04 bits per heavy atom. The van der Waals surface area contributed by atoms with Gasteiger partial charge in [0.1, 0.15) is 35.5 Å². The maximum absolute atomic E-state index is 14.2. The Balaban J connectivity index is 1.37. The van der Waals surface area contributed by atoms with Crippen LogP contribution in [0.25, 0.3) is 33.8 Å². The summed E-state index contributed by atoms with van der Waals surface area (Å²) < 4.78 is 82.6. The summed E-state index contributed by atoms with van der Waals surface area (Å²) in [5.74, 6) is -3.60. The third-order valence-electron chi connectivity index (χ3n) is 7.96. The number of methoxy groups -OCH3 is 1. The van der Waals surface area contributed by atoms with Gasteiger partial charge in [-0.2, -0.15) is 18.3 Å². The number of hydrogen-bond acceptors (Lipinski definition) is 8. The fourth-order valence-electron chi connectivity index (χ4n) is 5.26. The second-order valence-electron chi connectivity index (χ2n) is 12.8. The molecule has 1 aromatic carbocycles. The zero-order valence-electron chi connectivity index (χ0n) is 26.4. The number of aryl methyl sites for hydroxylation is 1. The number of rotatable bonds is 11. The van der Waals surface area contributed by atoms with E-state index in [4.69, 9.17) is 19.6 Å². The summed E-state index contributed by atoms with van der Waals surface area (Å²) in [4.78, 5) is 21.3. The molecule has 4 heterocycles. The monoisotopic (exact) mass is 672 g/mol. The van der Waals surface area contributed by atoms with Crippen LogP contribution in [0.4, 0.5) is 22.0 Å². The molecule has 5 aromatic rings. The molecule has 0 bridgehead atoms. The molecule has 1 unspecified atom stereocenters. The average Bonchev–Trinajstić information content (AvgIpc) is 3.29. The highest BCUT2D eigenvalue weighted by Gasteiger charge is 2.59. The standard InChI is InChI=1S/C31H33F5N8O2Si/c1-43-15-23(31(34,35)36)40-28(43)19-8-6-18(7-9-19)12-22-26-21(42-44(22)17-46-10-11-47(3,4)5)14-37-27(41-26)24-25(20-13-30(20,32)33)38-16-39-29(24)45-2/h6-9,14-16,20H,10-13,17H2,1-5H3. The fraction of sp³-hybridized carbons (Fsp3) is 0.419. The molecule has 47 heavy (non-hydrogen) atoms. The van der Waals surface area contributed by atoms with Crippen molar-refractivity contribution < 1.29 is 31.4 Å². The number of ether oxygens (including phenoxy) is 2. The molecule has 1 fully saturated rings. The molecule has 248 valence electrons. The molecule has 1 aliphatic carbocycles. The van der Waals surface area contributed by atoms with Gasteiger partial charge in [0.2, 0.25) is 5.88 Å². The third-order valence-corrected chi connectivity index (χ3v) is 9.66. The molecule has 10 nitrogen and oxygen atoms in total. The van der Waals surface area contributed by atoms with Gasteiger partial charge < -0.3 is 14.0 Å². The zero-order valence-corrected chi connectivity index (χ0v) is 27.4. The van der Waals surface area contributed by atoms with Gasteiger partial charge in [-0.25, -0.2) is 38.4 Å². The van der Waals surface area contributed by atoms with Crippen molar-refractivity contribution in [2.24, 2.45) is 7.05 Å². The van der Waals surface area contributed by atoms with E-state index in [0.717, 1.165) is 17.8 Å². The largest absolute Gasteiger partial charge is 0.480 e. The van der Waals surface area contributed by atoms with Crippen molar-refractivity contribution in [1.29, 1.82) is 0 Å². The van der Waals surface area contributed by atoms with Crippen molar-refractivity contribution in [2.75, 3.05) is 13.7 Å². The van der Waals surface area contributed by atoms with Gasteiger partial charge in [0.25, 0.3) is 5.92 Å². The summed E-state index contributed by atoms with van der Waals surface area (Å²) in [6.07, 6.45) is -0.908. The Hall–Kier alpha value is -4.31. The fourth-order valence-corrected chi connectivity index (χ4v) is 6.02. The quantitative estimate of drug-likeness (QED) is 0.0864. The number of nitrogens with zero attached hydrogens (tertiary/aromatic N) is 8. The topological polar surface area (TPSA) is 106 Å². The molecule has 0 saturated heterocycles. The van der Waals surface area contributed by atoms with Crippen LogP contribution in [0.1, 0.15) is 35.0 Å². The lowest BCUT2D eigenvalue weighted by atomic mass is 10.1. The van der Waals surface area contributed by atoms with E-state index in [-0.39, 0.29) is 41.9 Å². The molecule has 6 rings (SSSR count). The van der Waals surface area contributed by atoms with Crippen molar-refractivity contribution in [1.82, 2.24) is 39.3 Å². The van der Waals surface area contributed by atoms with Crippen LogP contribution in [0.3, 0.4) is 0 Å². The smallest absolute Gasteiger partial charge is 0.434 e. The second-order valence-corrected chi connectivity index (χ2v) is 18.4. The van der Waals surface area contributed by atoms with Crippen LogP contribution in [0, 0.1) is 0 Å². The van der Waals surface area contributed by atoms with Gasteiger partial charge >= 0.3 is 6.18 Å². The SMILES string of the molecule is COc1ncnc(C2CC2(F)F)c1-c1ncc2nn(COCC[Si](C)(C)C)c(Cc3ccc(-c4nc(C(F)(F)F)cn4C)cc3)c2n1. The highest BCUT2D eigenvalue weighted by Crippen LogP contribution is 2.57. The van der Waals surface area contributed by atoms with E-state index in [9.17, 15) is 22.0 Å². The molecule has 4 aromatic heterocycles. The highest BCUT2D eigenvalue weighted by atomic mass is 28.3. The molecule has 0 N–H and O–H groups in total. The van der Waals surface area contributed by atoms with E-state index in [1.54, 1.807) is 28.9 Å². The zero-order chi connectivity index (χ0) is 33.7. The lowest BCUT2D eigenvalue weighted by Crippen LogP contribution is -2.22. The van der Waals surface area contributed by atoms with E-state index in [1.807, 2.05) is 0 Å². The van der Waals surface area contributed by atoms with Crippen LogP contribution in [0.5, 0.6) is 5.88 Å². The van der Waals surface area contributed by atoms with E-state index in [2.05, 4.69) is 39.6 Å². The molecule has 16 heteroatoms. The number of fused-ring (bicyclic) bond motifs is 1. The minimum Gasteiger partial charge on any atom is -0.480 e. The normalized spacial score (nSPS) is 16.2. The molecule has 1 saturated carbocycles. The van der Waals surface area contributed by atoms with Crippen LogP contribution in [-0.4, -0.2) is 67.0 Å². The van der Waals surface area contributed by atoms with Crippen molar-refractivity contribution in [3.8, 4) is 28.7 Å². The van der Waals surface area contributed by atoms with Gasteiger partial charge in [-0.1, -0.05) is 43.9 Å². The van der Waals surface area contributed by atoms with Crippen LogP contribution in [-0.2, 0) is 31.1 Å². The average molecular weight is 673 g/mol. The minimum absolute atomic E-state index is 0.0826. The maximum atomic E-state index is 14.2. The van der Waals surface area contributed by atoms with E-state index < -0.39 is 31.8 Å². The number of imidazole rings is 1. The number of aromatic nitrogens is 8. The summed E-state index contributed by atoms with van der Waals surface area (Å²) >= 11 is 0. The van der Waals surface area contributed by atoms with E-state index in [1.165, 1.54) is 31.2 Å². The van der Waals surface area contributed by atoms with Crippen molar-refractivity contribution in [2.45, 2.75) is 63.3 Å². The third kappa shape index (κ3) is 6.88. The lowest BCUT2D eigenvalue weighted by molar-refractivity contribution is -0.140. The molecular formula is C31H33F5N8O2Si. The van der Waals surface area contributed by atoms with Gasteiger partial charge in [-0.05, 0) is 11.6 Å². The Morgan fingerprint density at radius 2 is 1.77 bits per heavy atom. The molecule has 1 atom stereocenters. The van der Waals surface area contributed by atoms with Gasteiger partial charge in [0.05, 0.1) is 30.6 Å². The number of alkyl halides is 5. The maximum Gasteiger partial charge on any atom is 0.434 e. The molecule has 0 radical (unpaired) electrons. The summed E-state index contributed by atoms with van der Waals surface area (Å²) in [7, 11) is 1.55. The summed E-state index contributed by atoms with van der Waals surface area (Å²) in [6.45, 7) is 7.47. The Morgan fingerprint density at radius 3 is 2.38 bits per heavy atom. The predicted octanol–water partition coefficient (Wildman–Crippen LogP) is 6.74. The van der Waals surface area contributed by atoms with Crippen LogP contribution < -0.4 is 4.74 Å². The predicted molar refractivity (Wildman–Crippen MR) is 166 cm³/mol. The first-order chi connectivity index (χ1) is 22.1.